The number of carbonyl (C=O) groups is 1. The predicted octanol–water partition coefficient (Wildman–Crippen LogP) is 2.00. The van der Waals surface area contributed by atoms with Crippen molar-refractivity contribution in [2.24, 2.45) is 0 Å². The Morgan fingerprint density at radius 3 is 2.33 bits per heavy atom. The molecule has 3 rings (SSSR count). The van der Waals surface area contributed by atoms with Crippen molar-refractivity contribution in [2.75, 3.05) is 32.7 Å². The second-order valence-electron chi connectivity index (χ2n) is 7.04. The number of rotatable bonds is 4. The lowest BCUT2D eigenvalue weighted by Crippen LogP contribution is -2.51. The van der Waals surface area contributed by atoms with Crippen molar-refractivity contribution >= 4 is 5.91 Å². The quantitative estimate of drug-likeness (QED) is 0.861. The van der Waals surface area contributed by atoms with Gasteiger partial charge in [-0.1, -0.05) is 19.3 Å². The Bertz CT molecular complexity index is 327. The van der Waals surface area contributed by atoms with Crippen LogP contribution in [0.4, 0.5) is 0 Å². The fraction of sp³-hybridized carbons (Fsp3) is 0.941. The Morgan fingerprint density at radius 1 is 0.952 bits per heavy atom. The Morgan fingerprint density at radius 2 is 1.67 bits per heavy atom. The highest BCUT2D eigenvalue weighted by Gasteiger charge is 2.27. The molecule has 2 saturated heterocycles. The van der Waals surface area contributed by atoms with Crippen LogP contribution in [-0.2, 0) is 4.79 Å². The minimum Gasteiger partial charge on any atom is -0.340 e. The lowest BCUT2D eigenvalue weighted by atomic mass is 10.00. The summed E-state index contributed by atoms with van der Waals surface area (Å²) in [5.74, 6) is 0.383. The van der Waals surface area contributed by atoms with Crippen LogP contribution in [0, 0.1) is 0 Å². The van der Waals surface area contributed by atoms with E-state index in [2.05, 4.69) is 15.1 Å². The summed E-state index contributed by atoms with van der Waals surface area (Å²) in [5.41, 5.74) is 0. The molecule has 1 saturated carbocycles. The second kappa shape index (κ2) is 7.59. The summed E-state index contributed by atoms with van der Waals surface area (Å²) in [5, 5.41) is 3.54. The van der Waals surface area contributed by atoms with Gasteiger partial charge in [0.05, 0.1) is 0 Å². The van der Waals surface area contributed by atoms with Crippen molar-refractivity contribution in [1.82, 2.24) is 15.1 Å². The van der Waals surface area contributed by atoms with E-state index in [-0.39, 0.29) is 0 Å². The number of nitrogens with one attached hydrogen (secondary N) is 1. The highest BCUT2D eigenvalue weighted by atomic mass is 16.2. The van der Waals surface area contributed by atoms with Gasteiger partial charge in [-0.3, -0.25) is 9.69 Å². The number of piperazine rings is 1. The van der Waals surface area contributed by atoms with Crippen LogP contribution >= 0.6 is 0 Å². The predicted molar refractivity (Wildman–Crippen MR) is 85.3 cm³/mol. The van der Waals surface area contributed by atoms with Gasteiger partial charge in [0.2, 0.25) is 5.91 Å². The van der Waals surface area contributed by atoms with E-state index in [0.29, 0.717) is 11.9 Å². The molecule has 1 N–H and O–H groups in total. The van der Waals surface area contributed by atoms with Crippen molar-refractivity contribution < 1.29 is 4.79 Å². The molecule has 0 aromatic rings. The van der Waals surface area contributed by atoms with Gasteiger partial charge in [0.15, 0.2) is 0 Å². The summed E-state index contributed by atoms with van der Waals surface area (Å²) in [6.45, 7) is 5.23. The summed E-state index contributed by atoms with van der Waals surface area (Å²) in [7, 11) is 0. The molecule has 1 unspecified atom stereocenters. The minimum absolute atomic E-state index is 0.383. The molecule has 1 atom stereocenters. The van der Waals surface area contributed by atoms with Gasteiger partial charge in [0.1, 0.15) is 0 Å². The highest BCUT2D eigenvalue weighted by Crippen LogP contribution is 2.24. The molecule has 1 aliphatic carbocycles. The number of amides is 1. The SMILES string of the molecule is O=C(CCC1CCCCN1)N1CCN(C2CCCC2)CC1. The van der Waals surface area contributed by atoms with Gasteiger partial charge in [0.25, 0.3) is 0 Å². The van der Waals surface area contributed by atoms with Gasteiger partial charge in [0, 0.05) is 44.7 Å². The van der Waals surface area contributed by atoms with Crippen LogP contribution in [0.5, 0.6) is 0 Å². The molecule has 4 nitrogen and oxygen atoms in total. The third-order valence-corrected chi connectivity index (χ3v) is 5.63. The van der Waals surface area contributed by atoms with Crippen LogP contribution in [0.25, 0.3) is 0 Å². The van der Waals surface area contributed by atoms with E-state index in [1.165, 1.54) is 44.9 Å². The van der Waals surface area contributed by atoms with Crippen LogP contribution < -0.4 is 5.32 Å². The molecule has 0 radical (unpaired) electrons. The summed E-state index contributed by atoms with van der Waals surface area (Å²) >= 11 is 0. The summed E-state index contributed by atoms with van der Waals surface area (Å²) in [4.78, 5) is 17.1. The van der Waals surface area contributed by atoms with E-state index < -0.39 is 0 Å². The van der Waals surface area contributed by atoms with Gasteiger partial charge in [-0.2, -0.15) is 0 Å². The smallest absolute Gasteiger partial charge is 0.222 e. The van der Waals surface area contributed by atoms with E-state index >= 15 is 0 Å². The summed E-state index contributed by atoms with van der Waals surface area (Å²) < 4.78 is 0. The number of hydrogen-bond acceptors (Lipinski definition) is 3. The van der Waals surface area contributed by atoms with E-state index in [0.717, 1.165) is 51.6 Å². The molecule has 0 bridgehead atoms. The molecule has 3 aliphatic rings. The fourth-order valence-corrected chi connectivity index (χ4v) is 4.23. The van der Waals surface area contributed by atoms with Crippen molar-refractivity contribution in [3.05, 3.63) is 0 Å². The molecule has 21 heavy (non-hydrogen) atoms. The van der Waals surface area contributed by atoms with Crippen molar-refractivity contribution in [3.63, 3.8) is 0 Å². The van der Waals surface area contributed by atoms with Crippen molar-refractivity contribution in [1.29, 1.82) is 0 Å². The maximum atomic E-state index is 12.3. The lowest BCUT2D eigenvalue weighted by Gasteiger charge is -2.38. The second-order valence-corrected chi connectivity index (χ2v) is 7.04. The summed E-state index contributed by atoms with van der Waals surface area (Å²) in [6, 6.07) is 1.40. The maximum Gasteiger partial charge on any atom is 0.222 e. The maximum absolute atomic E-state index is 12.3. The molecule has 1 amide bonds. The van der Waals surface area contributed by atoms with E-state index in [1.54, 1.807) is 0 Å². The fourth-order valence-electron chi connectivity index (χ4n) is 4.23. The molecule has 0 aromatic carbocycles. The Balaban J connectivity index is 1.36. The Hall–Kier alpha value is -0.610. The zero-order chi connectivity index (χ0) is 14.5. The van der Waals surface area contributed by atoms with Gasteiger partial charge in [-0.25, -0.2) is 0 Å². The zero-order valence-electron chi connectivity index (χ0n) is 13.4. The minimum atomic E-state index is 0.383. The topological polar surface area (TPSA) is 35.6 Å². The van der Waals surface area contributed by atoms with Crippen LogP contribution in [-0.4, -0.2) is 60.5 Å². The zero-order valence-corrected chi connectivity index (χ0v) is 13.4. The molecule has 120 valence electrons. The van der Waals surface area contributed by atoms with E-state index in [1.807, 2.05) is 0 Å². The molecule has 0 spiro atoms. The third kappa shape index (κ3) is 4.19. The number of carbonyl (C=O) groups excluding carboxylic acids is 1. The van der Waals surface area contributed by atoms with Crippen molar-refractivity contribution in [2.45, 2.75) is 69.9 Å². The van der Waals surface area contributed by atoms with Gasteiger partial charge in [-0.15, -0.1) is 0 Å². The molecule has 2 heterocycles. The van der Waals surface area contributed by atoms with Gasteiger partial charge < -0.3 is 10.2 Å². The third-order valence-electron chi connectivity index (χ3n) is 5.63. The molecule has 2 aliphatic heterocycles. The van der Waals surface area contributed by atoms with Crippen LogP contribution in [0.1, 0.15) is 57.8 Å². The average molecular weight is 293 g/mol. The van der Waals surface area contributed by atoms with Gasteiger partial charge >= 0.3 is 0 Å². The standard InChI is InChI=1S/C17H31N3O/c21-17(9-8-15-5-3-4-10-18-15)20-13-11-19(12-14-20)16-6-1-2-7-16/h15-16,18H,1-14H2. The number of hydrogen-bond donors (Lipinski definition) is 1. The largest absolute Gasteiger partial charge is 0.340 e. The van der Waals surface area contributed by atoms with Gasteiger partial charge in [-0.05, 0) is 38.6 Å². The van der Waals surface area contributed by atoms with Crippen LogP contribution in [0.15, 0.2) is 0 Å². The van der Waals surface area contributed by atoms with Crippen LogP contribution in [0.3, 0.4) is 0 Å². The molecule has 0 aromatic heterocycles. The van der Waals surface area contributed by atoms with E-state index in [9.17, 15) is 4.79 Å². The Labute approximate surface area is 129 Å². The normalized spacial score (nSPS) is 29.0. The molecular formula is C17H31N3O. The number of nitrogens with zero attached hydrogens (tertiary/aromatic N) is 2. The number of piperidine rings is 1. The average Bonchev–Trinajstić information content (AvgIpc) is 3.08. The first-order chi connectivity index (χ1) is 10.3. The molecular weight excluding hydrogens is 262 g/mol. The molecule has 4 heteroatoms. The first kappa shape index (κ1) is 15.3. The first-order valence-electron chi connectivity index (χ1n) is 9.08. The summed E-state index contributed by atoms with van der Waals surface area (Å²) in [6.07, 6.45) is 11.2. The molecule has 3 fully saturated rings. The monoisotopic (exact) mass is 293 g/mol. The highest BCUT2D eigenvalue weighted by molar-refractivity contribution is 5.76. The first-order valence-corrected chi connectivity index (χ1v) is 9.08. The van der Waals surface area contributed by atoms with Crippen molar-refractivity contribution in [3.8, 4) is 0 Å². The van der Waals surface area contributed by atoms with E-state index in [4.69, 9.17) is 0 Å². The van der Waals surface area contributed by atoms with Crippen LogP contribution in [0.2, 0.25) is 0 Å². The Kier molecular flexibility index (Phi) is 5.53. The lowest BCUT2D eigenvalue weighted by molar-refractivity contribution is -0.133.